The first-order valence-electron chi connectivity index (χ1n) is 4.55. The number of carbonyl (C=O) groups excluding carboxylic acids is 1. The van der Waals surface area contributed by atoms with Crippen LogP contribution >= 0.6 is 11.8 Å². The van der Waals surface area contributed by atoms with Crippen molar-refractivity contribution in [3.63, 3.8) is 0 Å². The molecule has 0 radical (unpaired) electrons. The number of rotatable bonds is 2. The van der Waals surface area contributed by atoms with E-state index in [1.165, 1.54) is 0 Å². The Morgan fingerprint density at radius 2 is 2.57 bits per heavy atom. The number of carbonyl (C=O) groups is 1. The molecule has 14 heavy (non-hydrogen) atoms. The molecule has 0 aromatic carbocycles. The number of hydrogen-bond acceptors (Lipinski definition) is 3. The summed E-state index contributed by atoms with van der Waals surface area (Å²) in [5.74, 6) is 2.38. The zero-order valence-electron chi connectivity index (χ0n) is 7.90. The Balaban J connectivity index is 2.31. The van der Waals surface area contributed by atoms with Crippen molar-refractivity contribution in [2.24, 2.45) is 10.7 Å². The fraction of sp³-hybridized carbons (Fsp3) is 0.556. The molecule has 2 N–H and O–H groups in total. The molecule has 2 aliphatic heterocycles. The summed E-state index contributed by atoms with van der Waals surface area (Å²) in [4.78, 5) is 17.1. The van der Waals surface area contributed by atoms with Gasteiger partial charge in [0.2, 0.25) is 0 Å². The van der Waals surface area contributed by atoms with E-state index >= 15 is 0 Å². The maximum Gasteiger partial charge on any atom is 0.346 e. The summed E-state index contributed by atoms with van der Waals surface area (Å²) in [5.41, 5.74) is 5.52. The van der Waals surface area contributed by atoms with Crippen LogP contribution < -0.4 is 5.73 Å². The van der Waals surface area contributed by atoms with Crippen molar-refractivity contribution in [3.05, 3.63) is 12.7 Å². The molecule has 1 fully saturated rings. The monoisotopic (exact) mass is 211 g/mol. The summed E-state index contributed by atoms with van der Waals surface area (Å²) >= 11 is 1.82. The third kappa shape index (κ3) is 1.15. The van der Waals surface area contributed by atoms with E-state index in [1.807, 2.05) is 11.8 Å². The maximum absolute atomic E-state index is 11.5. The van der Waals surface area contributed by atoms with Gasteiger partial charge in [0.1, 0.15) is 11.4 Å². The first-order valence-corrected chi connectivity index (χ1v) is 5.71. The van der Waals surface area contributed by atoms with Crippen LogP contribution in [0.1, 0.15) is 6.42 Å². The van der Waals surface area contributed by atoms with Gasteiger partial charge in [-0.1, -0.05) is 6.08 Å². The van der Waals surface area contributed by atoms with Gasteiger partial charge >= 0.3 is 6.03 Å². The molecule has 1 atom stereocenters. The minimum absolute atomic E-state index is 0.218. The summed E-state index contributed by atoms with van der Waals surface area (Å²) in [6.07, 6.45) is 2.63. The van der Waals surface area contributed by atoms with Crippen molar-refractivity contribution < 1.29 is 4.79 Å². The molecule has 1 spiro atoms. The van der Waals surface area contributed by atoms with Gasteiger partial charge in [0.05, 0.1) is 0 Å². The van der Waals surface area contributed by atoms with Gasteiger partial charge in [-0.05, 0) is 12.2 Å². The van der Waals surface area contributed by atoms with Gasteiger partial charge in [0.25, 0.3) is 0 Å². The number of amides is 2. The van der Waals surface area contributed by atoms with Crippen molar-refractivity contribution in [2.75, 3.05) is 18.1 Å². The Hall–Kier alpha value is -0.970. The van der Waals surface area contributed by atoms with Gasteiger partial charge in [0, 0.05) is 12.3 Å². The van der Waals surface area contributed by atoms with Gasteiger partial charge in [-0.25, -0.2) is 4.79 Å². The third-order valence-electron chi connectivity index (χ3n) is 2.75. The van der Waals surface area contributed by atoms with Crippen LogP contribution in [0.5, 0.6) is 0 Å². The number of urea groups is 1. The van der Waals surface area contributed by atoms with Crippen LogP contribution in [-0.4, -0.2) is 40.4 Å². The molecule has 4 nitrogen and oxygen atoms in total. The zero-order chi connectivity index (χ0) is 10.2. The first kappa shape index (κ1) is 9.58. The molecular weight excluding hydrogens is 198 g/mol. The van der Waals surface area contributed by atoms with Crippen molar-refractivity contribution in [1.29, 1.82) is 0 Å². The molecule has 76 valence electrons. The summed E-state index contributed by atoms with van der Waals surface area (Å²) in [6.45, 7) is 4.18. The molecule has 0 bridgehead atoms. The molecule has 0 aromatic heterocycles. The molecule has 5 heteroatoms. The number of nitrogens with two attached hydrogens (primary N) is 1. The first-order chi connectivity index (χ1) is 6.70. The minimum atomic E-state index is -0.310. The summed E-state index contributed by atoms with van der Waals surface area (Å²) < 4.78 is 0. The lowest BCUT2D eigenvalue weighted by Gasteiger charge is -2.32. The Kier molecular flexibility index (Phi) is 2.26. The second-order valence-corrected chi connectivity index (χ2v) is 4.62. The standard InChI is InChI=1S/C9H13N3OS/c1-2-4-12-8(13)11-7(10)9(12)3-5-14-6-9/h2H,1,3-6H2,(H2,10,11,13). The average molecular weight is 211 g/mol. The molecule has 0 aromatic rings. The zero-order valence-corrected chi connectivity index (χ0v) is 8.72. The largest absolute Gasteiger partial charge is 0.385 e. The highest BCUT2D eigenvalue weighted by molar-refractivity contribution is 7.99. The van der Waals surface area contributed by atoms with E-state index in [0.29, 0.717) is 12.4 Å². The third-order valence-corrected chi connectivity index (χ3v) is 3.93. The lowest BCUT2D eigenvalue weighted by molar-refractivity contribution is 0.190. The number of nitrogens with zero attached hydrogens (tertiary/aromatic N) is 2. The highest BCUT2D eigenvalue weighted by Crippen LogP contribution is 2.37. The molecule has 0 aliphatic carbocycles. The topological polar surface area (TPSA) is 58.7 Å². The molecular formula is C9H13N3OS. The number of amidine groups is 1. The van der Waals surface area contributed by atoms with Crippen LogP contribution in [0, 0.1) is 0 Å². The SMILES string of the molecule is C=CCN1C(=O)N=C(N)C12CCSC2. The van der Waals surface area contributed by atoms with Gasteiger partial charge in [-0.15, -0.1) is 6.58 Å². The normalized spacial score (nSPS) is 31.3. The van der Waals surface area contributed by atoms with Crippen molar-refractivity contribution in [1.82, 2.24) is 4.90 Å². The van der Waals surface area contributed by atoms with Gasteiger partial charge in [-0.3, -0.25) is 0 Å². The Morgan fingerprint density at radius 3 is 3.14 bits per heavy atom. The second-order valence-electron chi connectivity index (χ2n) is 3.51. The number of thioether (sulfide) groups is 1. The summed E-state index contributed by atoms with van der Waals surface area (Å²) in [7, 11) is 0. The van der Waals surface area contributed by atoms with E-state index in [4.69, 9.17) is 5.73 Å². The van der Waals surface area contributed by atoms with E-state index in [9.17, 15) is 4.79 Å². The summed E-state index contributed by atoms with van der Waals surface area (Å²) in [5, 5.41) is 0. The Morgan fingerprint density at radius 1 is 1.79 bits per heavy atom. The predicted octanol–water partition coefficient (Wildman–Crippen LogP) is 0.841. The number of aliphatic imine (C=N–C) groups is 1. The quantitative estimate of drug-likeness (QED) is 0.689. The highest BCUT2D eigenvalue weighted by atomic mass is 32.2. The Labute approximate surface area is 87.2 Å². The molecule has 2 heterocycles. The number of hydrogen-bond donors (Lipinski definition) is 1. The van der Waals surface area contributed by atoms with Gasteiger partial charge in [-0.2, -0.15) is 16.8 Å². The van der Waals surface area contributed by atoms with Crippen molar-refractivity contribution in [3.8, 4) is 0 Å². The van der Waals surface area contributed by atoms with Gasteiger partial charge in [0.15, 0.2) is 0 Å². The molecule has 2 rings (SSSR count). The molecule has 2 aliphatic rings. The fourth-order valence-corrected chi connectivity index (χ4v) is 3.35. The van der Waals surface area contributed by atoms with E-state index < -0.39 is 0 Å². The van der Waals surface area contributed by atoms with Crippen LogP contribution in [-0.2, 0) is 0 Å². The highest BCUT2D eigenvalue weighted by Gasteiger charge is 2.49. The van der Waals surface area contributed by atoms with Crippen LogP contribution in [0.15, 0.2) is 17.6 Å². The molecule has 1 saturated heterocycles. The molecule has 1 unspecified atom stereocenters. The second kappa shape index (κ2) is 3.31. The van der Waals surface area contributed by atoms with Gasteiger partial charge < -0.3 is 10.6 Å². The molecule has 2 amide bonds. The van der Waals surface area contributed by atoms with Crippen molar-refractivity contribution in [2.45, 2.75) is 12.0 Å². The summed E-state index contributed by atoms with van der Waals surface area (Å²) in [6, 6.07) is -0.218. The lowest BCUT2D eigenvalue weighted by Crippen LogP contribution is -2.54. The van der Waals surface area contributed by atoms with E-state index in [1.54, 1.807) is 11.0 Å². The van der Waals surface area contributed by atoms with E-state index in [-0.39, 0.29) is 11.6 Å². The molecule has 0 saturated carbocycles. The van der Waals surface area contributed by atoms with Crippen LogP contribution in [0.3, 0.4) is 0 Å². The average Bonchev–Trinajstić information content (AvgIpc) is 2.70. The van der Waals surface area contributed by atoms with E-state index in [0.717, 1.165) is 17.9 Å². The maximum atomic E-state index is 11.5. The van der Waals surface area contributed by atoms with E-state index in [2.05, 4.69) is 11.6 Å². The smallest absolute Gasteiger partial charge is 0.346 e. The van der Waals surface area contributed by atoms with Crippen molar-refractivity contribution >= 4 is 23.6 Å². The fourth-order valence-electron chi connectivity index (χ4n) is 1.94. The Bertz CT molecular complexity index is 307. The minimum Gasteiger partial charge on any atom is -0.385 e. The lowest BCUT2D eigenvalue weighted by atomic mass is 9.96. The van der Waals surface area contributed by atoms with Crippen LogP contribution in [0.2, 0.25) is 0 Å². The van der Waals surface area contributed by atoms with Crippen LogP contribution in [0.4, 0.5) is 4.79 Å². The van der Waals surface area contributed by atoms with Crippen LogP contribution in [0.25, 0.3) is 0 Å². The predicted molar refractivity (Wildman–Crippen MR) is 58.6 cm³/mol.